The van der Waals surface area contributed by atoms with Gasteiger partial charge in [-0.2, -0.15) is 13.2 Å². The highest BCUT2D eigenvalue weighted by molar-refractivity contribution is 9.09. The van der Waals surface area contributed by atoms with Crippen LogP contribution in [-0.2, 0) is 0 Å². The number of alkyl halides is 4. The Morgan fingerprint density at radius 1 is 1.13 bits per heavy atom. The van der Waals surface area contributed by atoms with E-state index in [1.165, 1.54) is 0 Å². The molecule has 15 heavy (non-hydrogen) atoms. The van der Waals surface area contributed by atoms with E-state index in [1.54, 1.807) is 11.9 Å². The molecule has 0 aliphatic rings. The highest BCUT2D eigenvalue weighted by Crippen LogP contribution is 2.26. The number of nitrogens with zero attached hydrogens (tertiary/aromatic N) is 2. The molecule has 0 heterocycles. The van der Waals surface area contributed by atoms with E-state index >= 15 is 0 Å². The van der Waals surface area contributed by atoms with Crippen LogP contribution in [0.4, 0.5) is 13.2 Å². The summed E-state index contributed by atoms with van der Waals surface area (Å²) in [5.41, 5.74) is 0. The third kappa shape index (κ3) is 8.04. The molecule has 0 aromatic rings. The summed E-state index contributed by atoms with van der Waals surface area (Å²) in [6, 6.07) is 0. The molecule has 0 amide bonds. The van der Waals surface area contributed by atoms with Crippen LogP contribution in [0.5, 0.6) is 0 Å². The Labute approximate surface area is 97.5 Å². The Morgan fingerprint density at radius 3 is 2.07 bits per heavy atom. The van der Waals surface area contributed by atoms with E-state index in [4.69, 9.17) is 0 Å². The molecule has 0 N–H and O–H groups in total. The fourth-order valence-electron chi connectivity index (χ4n) is 1.13. The van der Waals surface area contributed by atoms with Crippen LogP contribution < -0.4 is 0 Å². The molecule has 92 valence electrons. The van der Waals surface area contributed by atoms with Crippen LogP contribution in [0.25, 0.3) is 0 Å². The van der Waals surface area contributed by atoms with Gasteiger partial charge in [-0.25, -0.2) is 0 Å². The fraction of sp³-hybridized carbons (Fsp3) is 1.00. The number of halogens is 4. The molecule has 0 aromatic heterocycles. The normalized spacial score (nSPS) is 15.0. The minimum atomic E-state index is -4.16. The summed E-state index contributed by atoms with van der Waals surface area (Å²) in [6.07, 6.45) is -3.28. The van der Waals surface area contributed by atoms with E-state index in [9.17, 15) is 13.2 Å². The molecule has 0 saturated carbocycles. The third-order valence-corrected chi connectivity index (χ3v) is 2.78. The maximum absolute atomic E-state index is 12.2. The zero-order chi connectivity index (χ0) is 12.1. The van der Waals surface area contributed by atoms with Crippen molar-refractivity contribution in [3.8, 4) is 0 Å². The summed E-state index contributed by atoms with van der Waals surface area (Å²) in [5, 5.41) is 0. The van der Waals surface area contributed by atoms with Gasteiger partial charge in [0.2, 0.25) is 0 Å². The van der Waals surface area contributed by atoms with Gasteiger partial charge < -0.3 is 9.80 Å². The van der Waals surface area contributed by atoms with E-state index in [1.807, 2.05) is 19.0 Å². The SMILES string of the molecule is CN(C)CCCN(C)CC(Br)C(F)(F)F. The minimum absolute atomic E-state index is 0.00305. The quantitative estimate of drug-likeness (QED) is 0.692. The van der Waals surface area contributed by atoms with Gasteiger partial charge >= 0.3 is 6.18 Å². The number of rotatable bonds is 6. The first-order valence-corrected chi connectivity index (χ1v) is 5.69. The van der Waals surface area contributed by atoms with Crippen LogP contribution in [-0.4, -0.2) is 61.6 Å². The van der Waals surface area contributed by atoms with Crippen molar-refractivity contribution in [2.24, 2.45) is 0 Å². The number of hydrogen-bond donors (Lipinski definition) is 0. The van der Waals surface area contributed by atoms with E-state index in [0.717, 1.165) is 13.0 Å². The molecule has 0 spiro atoms. The smallest absolute Gasteiger partial charge is 0.309 e. The predicted molar refractivity (Wildman–Crippen MR) is 59.4 cm³/mol. The van der Waals surface area contributed by atoms with Gasteiger partial charge in [-0.1, -0.05) is 15.9 Å². The van der Waals surface area contributed by atoms with E-state index < -0.39 is 11.0 Å². The van der Waals surface area contributed by atoms with Crippen molar-refractivity contribution < 1.29 is 13.2 Å². The molecule has 0 saturated heterocycles. The summed E-state index contributed by atoms with van der Waals surface area (Å²) >= 11 is 2.64. The molecule has 1 unspecified atom stereocenters. The molecular formula is C9H18BrF3N2. The van der Waals surface area contributed by atoms with Gasteiger partial charge in [-0.05, 0) is 40.7 Å². The lowest BCUT2D eigenvalue weighted by molar-refractivity contribution is -0.129. The first-order valence-electron chi connectivity index (χ1n) is 4.77. The van der Waals surface area contributed by atoms with Crippen LogP contribution in [0, 0.1) is 0 Å². The van der Waals surface area contributed by atoms with Crippen molar-refractivity contribution in [1.29, 1.82) is 0 Å². The molecule has 0 radical (unpaired) electrons. The Kier molecular flexibility index (Phi) is 6.79. The first-order chi connectivity index (χ1) is 6.73. The van der Waals surface area contributed by atoms with E-state index in [0.29, 0.717) is 6.54 Å². The molecule has 0 bridgehead atoms. The zero-order valence-electron chi connectivity index (χ0n) is 9.31. The highest BCUT2D eigenvalue weighted by atomic mass is 79.9. The van der Waals surface area contributed by atoms with Crippen molar-refractivity contribution in [1.82, 2.24) is 9.80 Å². The molecule has 6 heteroatoms. The second-order valence-corrected chi connectivity index (χ2v) is 5.03. The van der Waals surface area contributed by atoms with Gasteiger partial charge in [0.15, 0.2) is 0 Å². The molecule has 0 rings (SSSR count). The second kappa shape index (κ2) is 6.70. The lowest BCUT2D eigenvalue weighted by Gasteiger charge is -2.22. The van der Waals surface area contributed by atoms with Crippen LogP contribution in [0.2, 0.25) is 0 Å². The van der Waals surface area contributed by atoms with E-state index in [-0.39, 0.29) is 6.54 Å². The molecule has 0 aromatic carbocycles. The topological polar surface area (TPSA) is 6.48 Å². The van der Waals surface area contributed by atoms with Gasteiger partial charge in [-0.3, -0.25) is 0 Å². The molecule has 1 atom stereocenters. The van der Waals surface area contributed by atoms with Crippen LogP contribution >= 0.6 is 15.9 Å². The molecule has 0 fully saturated rings. The summed E-state index contributed by atoms with van der Waals surface area (Å²) in [5.74, 6) is 0. The minimum Gasteiger partial charge on any atom is -0.309 e. The molecular weight excluding hydrogens is 273 g/mol. The lowest BCUT2D eigenvalue weighted by Crippen LogP contribution is -2.36. The van der Waals surface area contributed by atoms with Gasteiger partial charge in [0, 0.05) is 6.54 Å². The van der Waals surface area contributed by atoms with Gasteiger partial charge in [-0.15, -0.1) is 0 Å². The predicted octanol–water partition coefficient (Wildman–Crippen LogP) is 2.20. The first kappa shape index (κ1) is 15.2. The average molecular weight is 291 g/mol. The van der Waals surface area contributed by atoms with Gasteiger partial charge in [0.1, 0.15) is 4.83 Å². The summed E-state index contributed by atoms with van der Waals surface area (Å²) < 4.78 is 36.5. The fourth-order valence-corrected chi connectivity index (χ4v) is 1.62. The number of hydrogen-bond acceptors (Lipinski definition) is 2. The standard InChI is InChI=1S/C9H18BrF3N2/c1-14(2)5-4-6-15(3)7-8(10)9(11,12)13/h8H,4-7H2,1-3H3. The zero-order valence-corrected chi connectivity index (χ0v) is 10.9. The monoisotopic (exact) mass is 290 g/mol. The highest BCUT2D eigenvalue weighted by Gasteiger charge is 2.37. The Bertz CT molecular complexity index is 173. The average Bonchev–Trinajstić information content (AvgIpc) is 2.01. The van der Waals surface area contributed by atoms with Crippen molar-refractivity contribution in [3.63, 3.8) is 0 Å². The Hall–Kier alpha value is 0.190. The largest absolute Gasteiger partial charge is 0.402 e. The van der Waals surface area contributed by atoms with E-state index in [2.05, 4.69) is 15.9 Å². The Balaban J connectivity index is 3.69. The van der Waals surface area contributed by atoms with Crippen LogP contribution in [0.1, 0.15) is 6.42 Å². The third-order valence-electron chi connectivity index (χ3n) is 1.97. The van der Waals surface area contributed by atoms with Gasteiger partial charge in [0.05, 0.1) is 0 Å². The second-order valence-electron chi connectivity index (χ2n) is 3.93. The summed E-state index contributed by atoms with van der Waals surface area (Å²) in [7, 11) is 5.60. The summed E-state index contributed by atoms with van der Waals surface area (Å²) in [4.78, 5) is 2.27. The lowest BCUT2D eigenvalue weighted by atomic mass is 10.3. The van der Waals surface area contributed by atoms with Crippen molar-refractivity contribution >= 4 is 15.9 Å². The molecule has 0 aliphatic carbocycles. The van der Waals surface area contributed by atoms with Crippen molar-refractivity contribution in [2.75, 3.05) is 40.8 Å². The van der Waals surface area contributed by atoms with Crippen LogP contribution in [0.3, 0.4) is 0 Å². The molecule has 2 nitrogen and oxygen atoms in total. The van der Waals surface area contributed by atoms with Gasteiger partial charge in [0.25, 0.3) is 0 Å². The van der Waals surface area contributed by atoms with Crippen molar-refractivity contribution in [3.05, 3.63) is 0 Å². The molecule has 0 aliphatic heterocycles. The summed E-state index contributed by atoms with van der Waals surface area (Å²) in [6.45, 7) is 1.57. The Morgan fingerprint density at radius 2 is 1.67 bits per heavy atom. The van der Waals surface area contributed by atoms with Crippen LogP contribution in [0.15, 0.2) is 0 Å². The maximum atomic E-state index is 12.2. The van der Waals surface area contributed by atoms with Crippen molar-refractivity contribution in [2.45, 2.75) is 17.4 Å². The maximum Gasteiger partial charge on any atom is 0.402 e.